The molecule has 1 amide bonds. The molecule has 0 radical (unpaired) electrons. The van der Waals surface area contributed by atoms with Crippen molar-refractivity contribution in [3.05, 3.63) is 35.4 Å². The van der Waals surface area contributed by atoms with Gasteiger partial charge in [0.05, 0.1) is 0 Å². The Hall–Kier alpha value is -1.10. The third-order valence-electron chi connectivity index (χ3n) is 6.71. The number of carbonyl (C=O) groups is 1. The quantitative estimate of drug-likeness (QED) is 0.600. The number of hydrogen-bond acceptors (Lipinski definition) is 3. The van der Waals surface area contributed by atoms with Crippen molar-refractivity contribution in [2.45, 2.75) is 121 Å². The van der Waals surface area contributed by atoms with Crippen LogP contribution in [0.1, 0.15) is 97.0 Å². The minimum atomic E-state index is -0.0224. The van der Waals surface area contributed by atoms with Gasteiger partial charge in [0.25, 0.3) is 5.91 Å². The van der Waals surface area contributed by atoms with Crippen LogP contribution in [0.2, 0.25) is 0 Å². The van der Waals surface area contributed by atoms with Crippen molar-refractivity contribution in [3.8, 4) is 0 Å². The molecule has 0 saturated carbocycles. The second-order valence-electron chi connectivity index (χ2n) is 12.5. The first-order valence-electron chi connectivity index (χ1n) is 11.7. The summed E-state index contributed by atoms with van der Waals surface area (Å²) >= 11 is 5.98. The smallest absolute Gasteiger partial charge is 0.254 e. The van der Waals surface area contributed by atoms with Gasteiger partial charge in [-0.15, -0.1) is 11.6 Å². The Morgan fingerprint density at radius 3 is 1.48 bits per heavy atom. The first-order chi connectivity index (χ1) is 14.1. The largest absolute Gasteiger partial charge is 0.332 e. The van der Waals surface area contributed by atoms with Crippen molar-refractivity contribution in [2.24, 2.45) is 0 Å². The highest BCUT2D eigenvalue weighted by Gasteiger charge is 2.47. The van der Waals surface area contributed by atoms with Gasteiger partial charge >= 0.3 is 0 Å². The molecule has 2 saturated heterocycles. The van der Waals surface area contributed by atoms with Crippen LogP contribution in [-0.2, 0) is 5.88 Å². The number of benzene rings is 1. The van der Waals surface area contributed by atoms with Crippen molar-refractivity contribution < 1.29 is 4.79 Å². The second-order valence-corrected chi connectivity index (χ2v) is 12.7. The summed E-state index contributed by atoms with van der Waals surface area (Å²) < 4.78 is 0. The fourth-order valence-electron chi connectivity index (χ4n) is 6.45. The van der Waals surface area contributed by atoms with E-state index >= 15 is 0 Å². The van der Waals surface area contributed by atoms with Crippen LogP contribution in [0.3, 0.4) is 0 Å². The van der Waals surface area contributed by atoms with Gasteiger partial charge in [-0.25, -0.2) is 0 Å². The number of hydrogen-bond donors (Lipinski definition) is 2. The molecule has 174 valence electrons. The van der Waals surface area contributed by atoms with Gasteiger partial charge < -0.3 is 15.5 Å². The molecule has 0 aromatic heterocycles. The number of alkyl halides is 1. The Kier molecular flexibility index (Phi) is 6.61. The molecule has 2 aliphatic rings. The number of piperidine rings is 2. The molecule has 2 aliphatic heterocycles. The molecule has 1 aromatic carbocycles. The van der Waals surface area contributed by atoms with Crippen molar-refractivity contribution in [3.63, 3.8) is 0 Å². The van der Waals surface area contributed by atoms with Crippen LogP contribution >= 0.6 is 11.6 Å². The van der Waals surface area contributed by atoms with E-state index in [9.17, 15) is 4.79 Å². The predicted octanol–water partition coefficient (Wildman–Crippen LogP) is 5.49. The van der Waals surface area contributed by atoms with E-state index in [4.69, 9.17) is 11.6 Å². The highest BCUT2D eigenvalue weighted by Crippen LogP contribution is 2.38. The van der Waals surface area contributed by atoms with Gasteiger partial charge in [-0.05, 0) is 98.8 Å². The van der Waals surface area contributed by atoms with Crippen LogP contribution in [0.15, 0.2) is 24.3 Å². The lowest BCUT2D eigenvalue weighted by atomic mass is 9.75. The molecule has 5 heteroatoms. The Labute approximate surface area is 194 Å². The van der Waals surface area contributed by atoms with Crippen LogP contribution in [0.25, 0.3) is 0 Å². The molecule has 2 heterocycles. The molecule has 0 spiro atoms. The summed E-state index contributed by atoms with van der Waals surface area (Å²) in [6.07, 6.45) is 3.80. The Morgan fingerprint density at radius 1 is 0.806 bits per heavy atom. The van der Waals surface area contributed by atoms with E-state index in [2.05, 4.69) is 70.9 Å². The minimum Gasteiger partial charge on any atom is -0.332 e. The van der Waals surface area contributed by atoms with Crippen LogP contribution in [0.4, 0.5) is 0 Å². The Balaban J connectivity index is 2.01. The first-order valence-corrected chi connectivity index (χ1v) is 12.2. The average Bonchev–Trinajstić information content (AvgIpc) is 2.56. The van der Waals surface area contributed by atoms with E-state index in [-0.39, 0.29) is 40.1 Å². The van der Waals surface area contributed by atoms with Crippen LogP contribution in [0.5, 0.6) is 0 Å². The molecule has 31 heavy (non-hydrogen) atoms. The maximum absolute atomic E-state index is 14.0. The van der Waals surface area contributed by atoms with Crippen molar-refractivity contribution in [1.29, 1.82) is 0 Å². The van der Waals surface area contributed by atoms with Crippen LogP contribution in [0, 0.1) is 0 Å². The molecule has 2 N–H and O–H groups in total. The SMILES string of the molecule is CC1(C)CC(N(C(=O)c2ccc(CCl)cc2)C2CC(C)(C)NC(C)(C)C2)CC(C)(C)N1. The first kappa shape index (κ1) is 24.5. The molecule has 0 bridgehead atoms. The Bertz CT molecular complexity index is 727. The number of halogens is 1. The van der Waals surface area contributed by atoms with E-state index < -0.39 is 0 Å². The molecular weight excluding hydrogens is 406 g/mol. The molecule has 1 aromatic rings. The lowest BCUT2D eigenvalue weighted by Crippen LogP contribution is -2.67. The molecule has 0 atom stereocenters. The summed E-state index contributed by atoms with van der Waals surface area (Å²) in [6.45, 7) is 18.1. The highest BCUT2D eigenvalue weighted by molar-refractivity contribution is 6.17. The standard InChI is InChI=1S/C26H42ClN3O/c1-23(2)13-20(14-24(3,4)28-23)30(21-15-25(5,6)29-26(7,8)16-21)22(31)19-11-9-18(17-27)10-12-19/h9-12,20-21,28-29H,13-17H2,1-8H3. The monoisotopic (exact) mass is 447 g/mol. The molecule has 2 fully saturated rings. The summed E-state index contributed by atoms with van der Waals surface area (Å²) in [6, 6.07) is 8.24. The Morgan fingerprint density at radius 2 is 1.16 bits per heavy atom. The summed E-state index contributed by atoms with van der Waals surface area (Å²) in [4.78, 5) is 16.3. The van der Waals surface area contributed by atoms with Gasteiger partial charge in [0.2, 0.25) is 0 Å². The van der Waals surface area contributed by atoms with Gasteiger partial charge in [0.15, 0.2) is 0 Å². The van der Waals surface area contributed by atoms with Crippen molar-refractivity contribution in [2.75, 3.05) is 0 Å². The van der Waals surface area contributed by atoms with Gasteiger partial charge in [0.1, 0.15) is 0 Å². The third-order valence-corrected chi connectivity index (χ3v) is 7.02. The molecular formula is C26H42ClN3O. The van der Waals surface area contributed by atoms with Crippen LogP contribution in [-0.4, -0.2) is 45.0 Å². The van der Waals surface area contributed by atoms with Crippen LogP contribution < -0.4 is 10.6 Å². The minimum absolute atomic E-state index is 0.0224. The zero-order valence-electron chi connectivity index (χ0n) is 20.7. The lowest BCUT2D eigenvalue weighted by molar-refractivity contribution is 0.00363. The number of nitrogens with zero attached hydrogens (tertiary/aromatic N) is 1. The van der Waals surface area contributed by atoms with E-state index in [1.54, 1.807) is 0 Å². The molecule has 0 unspecified atom stereocenters. The summed E-state index contributed by atoms with van der Waals surface area (Å²) in [5.41, 5.74) is 1.71. The van der Waals surface area contributed by atoms with E-state index in [1.807, 2.05) is 24.3 Å². The van der Waals surface area contributed by atoms with E-state index in [1.165, 1.54) is 0 Å². The molecule has 0 aliphatic carbocycles. The second kappa shape index (κ2) is 8.35. The lowest BCUT2D eigenvalue weighted by Gasteiger charge is -2.55. The zero-order chi connectivity index (χ0) is 23.2. The fourth-order valence-corrected chi connectivity index (χ4v) is 6.62. The zero-order valence-corrected chi connectivity index (χ0v) is 21.5. The summed E-state index contributed by atoms with van der Waals surface area (Å²) in [5.74, 6) is 0.615. The third kappa shape index (κ3) is 6.03. The topological polar surface area (TPSA) is 44.4 Å². The number of nitrogens with one attached hydrogen (secondary N) is 2. The number of rotatable bonds is 4. The maximum atomic E-state index is 14.0. The number of amides is 1. The van der Waals surface area contributed by atoms with Gasteiger partial charge in [-0.2, -0.15) is 0 Å². The van der Waals surface area contributed by atoms with Crippen molar-refractivity contribution >= 4 is 17.5 Å². The number of carbonyl (C=O) groups excluding carboxylic acids is 1. The van der Waals surface area contributed by atoms with Crippen molar-refractivity contribution in [1.82, 2.24) is 15.5 Å². The van der Waals surface area contributed by atoms with Gasteiger partial charge in [-0.3, -0.25) is 4.79 Å². The fraction of sp³-hybridized carbons (Fsp3) is 0.731. The van der Waals surface area contributed by atoms with E-state index in [0.29, 0.717) is 5.88 Å². The molecule has 3 rings (SSSR count). The predicted molar refractivity (Wildman–Crippen MR) is 131 cm³/mol. The van der Waals surface area contributed by atoms with Gasteiger partial charge in [-0.1, -0.05) is 12.1 Å². The molecule has 4 nitrogen and oxygen atoms in total. The summed E-state index contributed by atoms with van der Waals surface area (Å²) in [7, 11) is 0. The van der Waals surface area contributed by atoms with Gasteiger partial charge in [0, 0.05) is 45.7 Å². The maximum Gasteiger partial charge on any atom is 0.254 e. The highest BCUT2D eigenvalue weighted by atomic mass is 35.5. The van der Waals surface area contributed by atoms with E-state index in [0.717, 1.165) is 36.8 Å². The summed E-state index contributed by atoms with van der Waals surface area (Å²) in [5, 5.41) is 7.56. The average molecular weight is 448 g/mol. The normalized spacial score (nSPS) is 25.2.